The zero-order chi connectivity index (χ0) is 19.7. The monoisotopic (exact) mass is 402 g/mol. The molecular weight excluding hydrogens is 380 g/mol. The molecule has 2 aromatic carbocycles. The van der Waals surface area contributed by atoms with Gasteiger partial charge in [-0.15, -0.1) is 13.2 Å². The molecule has 0 radical (unpaired) electrons. The molecule has 0 saturated heterocycles. The van der Waals surface area contributed by atoms with E-state index in [-0.39, 0.29) is 34.5 Å². The van der Waals surface area contributed by atoms with E-state index in [0.29, 0.717) is 0 Å². The highest BCUT2D eigenvalue weighted by Gasteiger charge is 2.61. The number of sulfone groups is 2. The lowest BCUT2D eigenvalue weighted by atomic mass is 9.97. The van der Waals surface area contributed by atoms with Crippen LogP contribution in [0.1, 0.15) is 12.8 Å². The summed E-state index contributed by atoms with van der Waals surface area (Å²) >= 11 is 0. The molecule has 0 aromatic heterocycles. The van der Waals surface area contributed by atoms with E-state index < -0.39 is 23.8 Å². The summed E-state index contributed by atoms with van der Waals surface area (Å²) in [5.74, 6) is -0.557. The molecule has 6 heteroatoms. The maximum absolute atomic E-state index is 13.7. The molecule has 0 spiro atoms. The maximum Gasteiger partial charge on any atom is 0.198 e. The van der Waals surface area contributed by atoms with Gasteiger partial charge < -0.3 is 0 Å². The largest absolute Gasteiger partial charge is 0.222 e. The first-order valence-corrected chi connectivity index (χ1v) is 11.6. The standard InChI is InChI=1S/C21H22O4S2/c1-3-17-15-21(16-18(17)4-2,26(22,23)19-11-7-5-8-12-19)27(24,25)20-13-9-6-10-14-20/h3-14,17-18H,1-2,15-16H2/t17-,18-/m1/s1. The summed E-state index contributed by atoms with van der Waals surface area (Å²) < 4.78 is 52.6. The van der Waals surface area contributed by atoms with Crippen molar-refractivity contribution in [2.75, 3.05) is 0 Å². The van der Waals surface area contributed by atoms with Gasteiger partial charge in [-0.25, -0.2) is 16.8 Å². The van der Waals surface area contributed by atoms with Crippen LogP contribution in [0.25, 0.3) is 0 Å². The molecule has 142 valence electrons. The number of benzene rings is 2. The molecule has 3 rings (SSSR count). The minimum Gasteiger partial charge on any atom is -0.222 e. The first-order valence-electron chi connectivity index (χ1n) is 8.64. The van der Waals surface area contributed by atoms with Crippen molar-refractivity contribution in [3.05, 3.63) is 86.0 Å². The molecule has 0 heterocycles. The fraction of sp³-hybridized carbons (Fsp3) is 0.238. The predicted octanol–water partition coefficient (Wildman–Crippen LogP) is 4.03. The van der Waals surface area contributed by atoms with E-state index in [1.54, 1.807) is 48.6 Å². The molecule has 4 nitrogen and oxygen atoms in total. The van der Waals surface area contributed by atoms with Crippen LogP contribution in [-0.2, 0) is 19.7 Å². The Kier molecular flexibility index (Phi) is 5.14. The Morgan fingerprint density at radius 1 is 0.704 bits per heavy atom. The van der Waals surface area contributed by atoms with Crippen molar-refractivity contribution in [3.63, 3.8) is 0 Å². The minimum atomic E-state index is -4.18. The zero-order valence-electron chi connectivity index (χ0n) is 14.9. The lowest BCUT2D eigenvalue weighted by Crippen LogP contribution is -2.44. The van der Waals surface area contributed by atoms with Crippen LogP contribution in [-0.4, -0.2) is 20.9 Å². The third kappa shape index (κ3) is 2.97. The van der Waals surface area contributed by atoms with Gasteiger partial charge >= 0.3 is 0 Å². The van der Waals surface area contributed by atoms with E-state index >= 15 is 0 Å². The van der Waals surface area contributed by atoms with Gasteiger partial charge in [0.25, 0.3) is 0 Å². The lowest BCUT2D eigenvalue weighted by Gasteiger charge is -2.29. The second-order valence-electron chi connectivity index (χ2n) is 6.75. The third-order valence-corrected chi connectivity index (χ3v) is 11.1. The van der Waals surface area contributed by atoms with Gasteiger partial charge in [0.1, 0.15) is 0 Å². The summed E-state index contributed by atoms with van der Waals surface area (Å²) in [7, 11) is -8.35. The van der Waals surface area contributed by atoms with Gasteiger partial charge in [0, 0.05) is 0 Å². The molecular formula is C21H22O4S2. The van der Waals surface area contributed by atoms with Gasteiger partial charge in [0.05, 0.1) is 9.79 Å². The van der Waals surface area contributed by atoms with Crippen molar-refractivity contribution >= 4 is 19.7 Å². The highest BCUT2D eigenvalue weighted by molar-refractivity contribution is 8.10. The molecule has 0 amide bonds. The summed E-state index contributed by atoms with van der Waals surface area (Å²) in [6.07, 6.45) is 3.19. The predicted molar refractivity (Wildman–Crippen MR) is 107 cm³/mol. The van der Waals surface area contributed by atoms with E-state index in [2.05, 4.69) is 13.2 Å². The van der Waals surface area contributed by atoms with Gasteiger partial charge in [0.2, 0.25) is 0 Å². The SMILES string of the molecule is C=C[C@@H]1CC(S(=O)(=O)c2ccccc2)(S(=O)(=O)c2ccccc2)C[C@H]1C=C. The number of hydrogen-bond acceptors (Lipinski definition) is 4. The minimum absolute atomic E-state index is 0.0111. The van der Waals surface area contributed by atoms with Gasteiger partial charge in [-0.2, -0.15) is 0 Å². The second-order valence-corrected chi connectivity index (χ2v) is 11.5. The van der Waals surface area contributed by atoms with Crippen molar-refractivity contribution in [2.45, 2.75) is 26.7 Å². The van der Waals surface area contributed by atoms with Gasteiger partial charge in [-0.3, -0.25) is 0 Å². The van der Waals surface area contributed by atoms with Crippen LogP contribution in [0.3, 0.4) is 0 Å². The summed E-state index contributed by atoms with van der Waals surface area (Å²) in [4.78, 5) is 0.0223. The van der Waals surface area contributed by atoms with Crippen molar-refractivity contribution in [1.29, 1.82) is 0 Å². The van der Waals surface area contributed by atoms with Gasteiger partial charge in [-0.05, 0) is 48.9 Å². The topological polar surface area (TPSA) is 68.3 Å². The van der Waals surface area contributed by atoms with Crippen molar-refractivity contribution < 1.29 is 16.8 Å². The quantitative estimate of drug-likeness (QED) is 0.684. The lowest BCUT2D eigenvalue weighted by molar-refractivity contribution is 0.534. The van der Waals surface area contributed by atoms with Crippen LogP contribution in [0.5, 0.6) is 0 Å². The molecule has 1 saturated carbocycles. The van der Waals surface area contributed by atoms with Crippen molar-refractivity contribution in [2.24, 2.45) is 11.8 Å². The van der Waals surface area contributed by atoms with Crippen LogP contribution in [0, 0.1) is 11.8 Å². The normalized spacial score (nSPS) is 22.2. The Bertz CT molecular complexity index is 952. The van der Waals surface area contributed by atoms with E-state index in [1.807, 2.05) is 0 Å². The number of allylic oxidation sites excluding steroid dienone is 2. The molecule has 0 bridgehead atoms. The summed E-state index contributed by atoms with van der Waals surface area (Å²) in [5, 5.41) is 0. The Labute approximate surface area is 161 Å². The molecule has 1 fully saturated rings. The van der Waals surface area contributed by atoms with Crippen molar-refractivity contribution in [1.82, 2.24) is 0 Å². The van der Waals surface area contributed by atoms with E-state index in [4.69, 9.17) is 0 Å². The fourth-order valence-corrected chi connectivity index (χ4v) is 9.10. The fourth-order valence-electron chi connectivity index (χ4n) is 3.83. The van der Waals surface area contributed by atoms with E-state index in [9.17, 15) is 16.8 Å². The zero-order valence-corrected chi connectivity index (χ0v) is 16.5. The third-order valence-electron chi connectivity index (χ3n) is 5.34. The Hall–Kier alpha value is -2.18. The second kappa shape index (κ2) is 7.09. The molecule has 27 heavy (non-hydrogen) atoms. The smallest absolute Gasteiger partial charge is 0.198 e. The summed E-state index contributed by atoms with van der Waals surface area (Å²) in [5.41, 5.74) is 0. The molecule has 0 N–H and O–H groups in total. The number of hydrogen-bond donors (Lipinski definition) is 0. The van der Waals surface area contributed by atoms with Crippen LogP contribution in [0.4, 0.5) is 0 Å². The summed E-state index contributed by atoms with van der Waals surface area (Å²) in [6, 6.07) is 15.6. The average molecular weight is 403 g/mol. The average Bonchev–Trinajstić information content (AvgIpc) is 3.11. The van der Waals surface area contributed by atoms with Crippen LogP contribution >= 0.6 is 0 Å². The van der Waals surface area contributed by atoms with Crippen LogP contribution < -0.4 is 0 Å². The molecule has 0 unspecified atom stereocenters. The van der Waals surface area contributed by atoms with Gasteiger partial charge in [0.15, 0.2) is 23.8 Å². The highest BCUT2D eigenvalue weighted by Crippen LogP contribution is 2.52. The van der Waals surface area contributed by atoms with Crippen molar-refractivity contribution in [3.8, 4) is 0 Å². The van der Waals surface area contributed by atoms with Crippen LogP contribution in [0.15, 0.2) is 95.8 Å². The summed E-state index contributed by atoms with van der Waals surface area (Å²) in [6.45, 7) is 7.56. The van der Waals surface area contributed by atoms with E-state index in [0.717, 1.165) is 0 Å². The highest BCUT2D eigenvalue weighted by atomic mass is 32.3. The molecule has 1 aliphatic carbocycles. The van der Waals surface area contributed by atoms with Crippen LogP contribution in [0.2, 0.25) is 0 Å². The molecule has 0 aliphatic heterocycles. The molecule has 2 aromatic rings. The number of rotatable bonds is 6. The maximum atomic E-state index is 13.7. The Balaban J connectivity index is 2.30. The van der Waals surface area contributed by atoms with E-state index in [1.165, 1.54) is 24.3 Å². The Morgan fingerprint density at radius 3 is 1.33 bits per heavy atom. The molecule has 1 aliphatic rings. The van der Waals surface area contributed by atoms with Gasteiger partial charge in [-0.1, -0.05) is 48.6 Å². The molecule has 2 atom stereocenters. The Morgan fingerprint density at radius 2 is 1.04 bits per heavy atom. The first-order chi connectivity index (χ1) is 12.8. The first kappa shape index (κ1) is 19.6.